The number of nitrogens with zero attached hydrogens (tertiary/aromatic N) is 1. The predicted molar refractivity (Wildman–Crippen MR) is 77.4 cm³/mol. The Morgan fingerprint density at radius 3 is 2.67 bits per heavy atom. The maximum absolute atomic E-state index is 11.9. The molecule has 1 aromatic carbocycles. The number of hydrogen-bond acceptors (Lipinski definition) is 4. The third-order valence-corrected chi connectivity index (χ3v) is 3.42. The normalized spacial score (nSPS) is 12.4. The van der Waals surface area contributed by atoms with E-state index in [0.29, 0.717) is 6.54 Å². The molecule has 0 spiro atoms. The van der Waals surface area contributed by atoms with Crippen molar-refractivity contribution in [2.45, 2.75) is 5.92 Å². The Kier molecular flexibility index (Phi) is 6.78. The average molecular weight is 267 g/mol. The Hall–Kier alpha value is -1.04. The molecule has 18 heavy (non-hydrogen) atoms. The van der Waals surface area contributed by atoms with E-state index in [1.165, 1.54) is 0 Å². The summed E-state index contributed by atoms with van der Waals surface area (Å²) in [6.07, 6.45) is 2.08. The van der Waals surface area contributed by atoms with Crippen molar-refractivity contribution in [1.29, 1.82) is 0 Å². The largest absolute Gasteiger partial charge is 0.304 e. The van der Waals surface area contributed by atoms with Gasteiger partial charge in [-0.3, -0.25) is 10.2 Å². The SMILES string of the molecule is CSCCN(C)CC(C(=O)NN)c1ccccc1. The number of benzene rings is 1. The topological polar surface area (TPSA) is 58.4 Å². The lowest BCUT2D eigenvalue weighted by molar-refractivity contribution is -0.123. The fourth-order valence-electron chi connectivity index (χ4n) is 1.78. The lowest BCUT2D eigenvalue weighted by Crippen LogP contribution is -2.40. The molecule has 0 aromatic heterocycles. The summed E-state index contributed by atoms with van der Waals surface area (Å²) in [7, 11) is 2.02. The maximum Gasteiger partial charge on any atom is 0.242 e. The predicted octanol–water partition coefficient (Wildman–Crippen LogP) is 1.05. The van der Waals surface area contributed by atoms with E-state index in [-0.39, 0.29) is 11.8 Å². The minimum Gasteiger partial charge on any atom is -0.304 e. The van der Waals surface area contributed by atoms with Gasteiger partial charge < -0.3 is 4.90 Å². The third kappa shape index (κ3) is 4.68. The van der Waals surface area contributed by atoms with E-state index in [1.54, 1.807) is 11.8 Å². The number of rotatable bonds is 7. The van der Waals surface area contributed by atoms with Crippen molar-refractivity contribution < 1.29 is 4.79 Å². The zero-order valence-electron chi connectivity index (χ0n) is 10.9. The van der Waals surface area contributed by atoms with Crippen LogP contribution in [0.2, 0.25) is 0 Å². The number of hydrazine groups is 1. The molecular formula is C13H21N3OS. The summed E-state index contributed by atoms with van der Waals surface area (Å²) in [5.74, 6) is 5.96. The highest BCUT2D eigenvalue weighted by Gasteiger charge is 2.21. The van der Waals surface area contributed by atoms with E-state index in [1.807, 2.05) is 37.4 Å². The van der Waals surface area contributed by atoms with Gasteiger partial charge in [0, 0.05) is 18.8 Å². The molecule has 0 saturated carbocycles. The van der Waals surface area contributed by atoms with Crippen molar-refractivity contribution in [2.75, 3.05) is 32.1 Å². The molecule has 0 fully saturated rings. The van der Waals surface area contributed by atoms with Gasteiger partial charge in [-0.2, -0.15) is 11.8 Å². The first-order chi connectivity index (χ1) is 8.69. The molecule has 1 rings (SSSR count). The summed E-state index contributed by atoms with van der Waals surface area (Å²) in [6.45, 7) is 1.63. The molecule has 0 aliphatic rings. The van der Waals surface area contributed by atoms with Crippen LogP contribution in [0.3, 0.4) is 0 Å². The van der Waals surface area contributed by atoms with Gasteiger partial charge in [-0.15, -0.1) is 0 Å². The molecule has 0 bridgehead atoms. The summed E-state index contributed by atoms with van der Waals surface area (Å²) < 4.78 is 0. The van der Waals surface area contributed by atoms with Gasteiger partial charge in [0.25, 0.3) is 0 Å². The molecule has 0 heterocycles. The first-order valence-electron chi connectivity index (χ1n) is 5.92. The van der Waals surface area contributed by atoms with Gasteiger partial charge in [0.1, 0.15) is 0 Å². The van der Waals surface area contributed by atoms with Crippen LogP contribution in [-0.2, 0) is 4.79 Å². The van der Waals surface area contributed by atoms with E-state index in [9.17, 15) is 4.79 Å². The lowest BCUT2D eigenvalue weighted by atomic mass is 9.98. The third-order valence-electron chi connectivity index (χ3n) is 2.83. The highest BCUT2D eigenvalue weighted by molar-refractivity contribution is 7.98. The van der Waals surface area contributed by atoms with Gasteiger partial charge in [-0.1, -0.05) is 30.3 Å². The number of nitrogens with one attached hydrogen (secondary N) is 1. The number of nitrogens with two attached hydrogens (primary N) is 1. The molecule has 5 heteroatoms. The molecule has 4 nitrogen and oxygen atoms in total. The van der Waals surface area contributed by atoms with Crippen LogP contribution < -0.4 is 11.3 Å². The minimum atomic E-state index is -0.219. The first kappa shape index (κ1) is 15.0. The van der Waals surface area contributed by atoms with Gasteiger partial charge in [0.05, 0.1) is 5.92 Å². The summed E-state index contributed by atoms with van der Waals surface area (Å²) in [5, 5.41) is 0. The highest BCUT2D eigenvalue weighted by Crippen LogP contribution is 2.16. The molecule has 0 saturated heterocycles. The van der Waals surface area contributed by atoms with Crippen LogP contribution in [0.1, 0.15) is 11.5 Å². The van der Waals surface area contributed by atoms with Gasteiger partial charge >= 0.3 is 0 Å². The van der Waals surface area contributed by atoms with E-state index < -0.39 is 0 Å². The van der Waals surface area contributed by atoms with Crippen molar-refractivity contribution in [3.63, 3.8) is 0 Å². The Morgan fingerprint density at radius 1 is 1.44 bits per heavy atom. The second-order valence-electron chi connectivity index (χ2n) is 4.23. The molecule has 1 amide bonds. The maximum atomic E-state index is 11.9. The number of carbonyl (C=O) groups excluding carboxylic acids is 1. The highest BCUT2D eigenvalue weighted by atomic mass is 32.2. The molecular weight excluding hydrogens is 246 g/mol. The second-order valence-corrected chi connectivity index (χ2v) is 5.21. The zero-order chi connectivity index (χ0) is 13.4. The van der Waals surface area contributed by atoms with Gasteiger partial charge in [0.15, 0.2) is 0 Å². The standard InChI is InChI=1S/C13H21N3OS/c1-16(8-9-18-2)10-12(13(17)15-14)11-6-4-3-5-7-11/h3-7,12H,8-10,14H2,1-2H3,(H,15,17). The summed E-state index contributed by atoms with van der Waals surface area (Å²) in [5.41, 5.74) is 3.25. The quantitative estimate of drug-likeness (QED) is 0.440. The van der Waals surface area contributed by atoms with Crippen LogP contribution in [0.5, 0.6) is 0 Å². The molecule has 1 unspecified atom stereocenters. The van der Waals surface area contributed by atoms with Crippen molar-refractivity contribution in [2.24, 2.45) is 5.84 Å². The molecule has 1 atom stereocenters. The van der Waals surface area contributed by atoms with Crippen LogP contribution in [0.15, 0.2) is 30.3 Å². The molecule has 0 radical (unpaired) electrons. The van der Waals surface area contributed by atoms with Gasteiger partial charge in [-0.25, -0.2) is 5.84 Å². The number of carbonyl (C=O) groups is 1. The Bertz CT molecular complexity index is 359. The Balaban J connectivity index is 2.71. The van der Waals surface area contributed by atoms with Crippen LogP contribution in [0, 0.1) is 0 Å². The zero-order valence-corrected chi connectivity index (χ0v) is 11.7. The van der Waals surface area contributed by atoms with E-state index in [4.69, 9.17) is 5.84 Å². The molecule has 3 N–H and O–H groups in total. The lowest BCUT2D eigenvalue weighted by Gasteiger charge is -2.23. The number of amides is 1. The molecule has 100 valence electrons. The van der Waals surface area contributed by atoms with Crippen LogP contribution >= 0.6 is 11.8 Å². The fourth-order valence-corrected chi connectivity index (χ4v) is 2.27. The van der Waals surface area contributed by atoms with Crippen LogP contribution in [0.25, 0.3) is 0 Å². The van der Waals surface area contributed by atoms with Gasteiger partial charge in [-0.05, 0) is 18.9 Å². The molecule has 0 aliphatic heterocycles. The fraction of sp³-hybridized carbons (Fsp3) is 0.462. The second kappa shape index (κ2) is 8.13. The number of hydrogen-bond donors (Lipinski definition) is 2. The first-order valence-corrected chi connectivity index (χ1v) is 7.31. The van der Waals surface area contributed by atoms with E-state index >= 15 is 0 Å². The van der Waals surface area contributed by atoms with Crippen LogP contribution in [0.4, 0.5) is 0 Å². The smallest absolute Gasteiger partial charge is 0.242 e. The van der Waals surface area contributed by atoms with Crippen molar-refractivity contribution >= 4 is 17.7 Å². The van der Waals surface area contributed by atoms with Crippen molar-refractivity contribution in [3.05, 3.63) is 35.9 Å². The summed E-state index contributed by atoms with van der Waals surface area (Å²) in [6, 6.07) is 9.74. The average Bonchev–Trinajstić information content (AvgIpc) is 2.42. The van der Waals surface area contributed by atoms with Gasteiger partial charge in [0.2, 0.25) is 5.91 Å². The van der Waals surface area contributed by atoms with Crippen molar-refractivity contribution in [1.82, 2.24) is 10.3 Å². The molecule has 1 aromatic rings. The van der Waals surface area contributed by atoms with E-state index in [0.717, 1.165) is 17.9 Å². The van der Waals surface area contributed by atoms with E-state index in [2.05, 4.69) is 16.6 Å². The summed E-state index contributed by atoms with van der Waals surface area (Å²) in [4.78, 5) is 14.0. The Morgan fingerprint density at radius 2 is 2.11 bits per heavy atom. The van der Waals surface area contributed by atoms with Crippen molar-refractivity contribution in [3.8, 4) is 0 Å². The number of likely N-dealkylation sites (N-methyl/N-ethyl adjacent to an activating group) is 1. The monoisotopic (exact) mass is 267 g/mol. The molecule has 0 aliphatic carbocycles. The minimum absolute atomic E-state index is 0.141. The number of thioether (sulfide) groups is 1. The Labute approximate surface area is 113 Å². The van der Waals surface area contributed by atoms with Crippen LogP contribution in [-0.4, -0.2) is 43.0 Å². The summed E-state index contributed by atoms with van der Waals surface area (Å²) >= 11 is 1.80.